The van der Waals surface area contributed by atoms with E-state index in [0.29, 0.717) is 28.1 Å². The van der Waals surface area contributed by atoms with Gasteiger partial charge in [-0.3, -0.25) is 4.57 Å². The minimum absolute atomic E-state index is 0.0492. The lowest BCUT2D eigenvalue weighted by atomic mass is 9.97. The lowest BCUT2D eigenvalue weighted by Gasteiger charge is -2.39. The summed E-state index contributed by atoms with van der Waals surface area (Å²) >= 11 is 0. The zero-order valence-corrected chi connectivity index (χ0v) is 22.0. The molecule has 0 aromatic carbocycles. The minimum atomic E-state index is -1.88. The third-order valence-electron chi connectivity index (χ3n) is 6.09. The molecule has 1 aliphatic heterocycles. The molecule has 10 heteroatoms. The molecule has 30 heavy (non-hydrogen) atoms. The standard InChI is InChI=1S/C20H37N5O3Si2/c1-12(2)29-28-20(5,6)17-14(27-30(7,8)13(3)4)9-15(26-17)25-11-24-16-18(21)22-10-23-19(16)25/h10-15,17H,9,29H2,1-8H3,(H2,21,22,23). The SMILES string of the molecule is CC(C)[SiH2]OC(C)(C)C1OC(n2cnc3c(N)ncnc32)CC1O[Si](C)(C)C(C)C. The normalized spacial score (nSPS) is 23.6. The van der Waals surface area contributed by atoms with Gasteiger partial charge >= 0.3 is 0 Å². The van der Waals surface area contributed by atoms with Gasteiger partial charge in [0.05, 0.1) is 18.0 Å². The molecule has 0 saturated carbocycles. The number of hydrogen-bond donors (Lipinski definition) is 1. The Morgan fingerprint density at radius 2 is 1.93 bits per heavy atom. The van der Waals surface area contributed by atoms with Crippen molar-refractivity contribution >= 4 is 35.1 Å². The van der Waals surface area contributed by atoms with Crippen LogP contribution < -0.4 is 5.73 Å². The van der Waals surface area contributed by atoms with Crippen LogP contribution in [-0.2, 0) is 13.6 Å². The Bertz CT molecular complexity index is 871. The molecular weight excluding hydrogens is 414 g/mol. The summed E-state index contributed by atoms with van der Waals surface area (Å²) in [5, 5.41) is 0. The van der Waals surface area contributed by atoms with Gasteiger partial charge < -0.3 is 19.3 Å². The number of hydrogen-bond acceptors (Lipinski definition) is 7. The lowest BCUT2D eigenvalue weighted by molar-refractivity contribution is -0.108. The quantitative estimate of drug-likeness (QED) is 0.614. The molecule has 2 aromatic heterocycles. The first-order chi connectivity index (χ1) is 13.9. The zero-order chi connectivity index (χ0) is 22.3. The molecule has 2 aromatic rings. The molecule has 1 saturated heterocycles. The average molecular weight is 452 g/mol. The van der Waals surface area contributed by atoms with E-state index in [4.69, 9.17) is 19.3 Å². The Morgan fingerprint density at radius 1 is 1.23 bits per heavy atom. The van der Waals surface area contributed by atoms with Crippen molar-refractivity contribution in [3.8, 4) is 0 Å². The van der Waals surface area contributed by atoms with Gasteiger partial charge in [0.25, 0.3) is 0 Å². The van der Waals surface area contributed by atoms with Crippen molar-refractivity contribution < 1.29 is 13.6 Å². The summed E-state index contributed by atoms with van der Waals surface area (Å²) in [6, 6.07) is 0. The summed E-state index contributed by atoms with van der Waals surface area (Å²) in [4.78, 5) is 12.8. The number of aromatic nitrogens is 4. The maximum absolute atomic E-state index is 6.79. The number of ether oxygens (including phenoxy) is 1. The van der Waals surface area contributed by atoms with Crippen LogP contribution >= 0.6 is 0 Å². The predicted octanol–water partition coefficient (Wildman–Crippen LogP) is 3.40. The van der Waals surface area contributed by atoms with Crippen LogP contribution in [0, 0.1) is 0 Å². The highest BCUT2D eigenvalue weighted by atomic mass is 28.4. The highest BCUT2D eigenvalue weighted by molar-refractivity contribution is 6.72. The van der Waals surface area contributed by atoms with E-state index in [1.165, 1.54) is 6.33 Å². The molecule has 168 valence electrons. The van der Waals surface area contributed by atoms with Crippen molar-refractivity contribution in [2.75, 3.05) is 5.73 Å². The van der Waals surface area contributed by atoms with Crippen molar-refractivity contribution in [2.24, 2.45) is 0 Å². The van der Waals surface area contributed by atoms with Crippen LogP contribution in [-0.4, -0.2) is 55.4 Å². The Morgan fingerprint density at radius 3 is 2.57 bits per heavy atom. The summed E-state index contributed by atoms with van der Waals surface area (Å²) < 4.78 is 21.8. The van der Waals surface area contributed by atoms with Gasteiger partial charge in [-0.1, -0.05) is 27.7 Å². The molecule has 2 N–H and O–H groups in total. The van der Waals surface area contributed by atoms with Crippen molar-refractivity contribution in [1.29, 1.82) is 0 Å². The van der Waals surface area contributed by atoms with E-state index in [1.54, 1.807) is 6.33 Å². The second-order valence-corrected chi connectivity index (χ2v) is 16.9. The topological polar surface area (TPSA) is 97.3 Å². The molecule has 0 aliphatic carbocycles. The monoisotopic (exact) mass is 451 g/mol. The van der Waals surface area contributed by atoms with Crippen molar-refractivity contribution in [1.82, 2.24) is 19.5 Å². The van der Waals surface area contributed by atoms with Gasteiger partial charge in [-0.05, 0) is 38.0 Å². The number of nitrogen functional groups attached to an aromatic ring is 1. The Labute approximate surface area is 183 Å². The summed E-state index contributed by atoms with van der Waals surface area (Å²) in [6.07, 6.45) is 3.47. The second kappa shape index (κ2) is 8.66. The number of nitrogens with two attached hydrogens (primary N) is 1. The van der Waals surface area contributed by atoms with Gasteiger partial charge in [-0.25, -0.2) is 15.0 Å². The predicted molar refractivity (Wildman–Crippen MR) is 125 cm³/mol. The molecule has 0 radical (unpaired) electrons. The van der Waals surface area contributed by atoms with Crippen LogP contribution in [0.25, 0.3) is 11.2 Å². The molecule has 0 bridgehead atoms. The van der Waals surface area contributed by atoms with E-state index < -0.39 is 23.7 Å². The lowest BCUT2D eigenvalue weighted by Crippen LogP contribution is -2.50. The third kappa shape index (κ3) is 4.77. The molecule has 3 rings (SSSR count). The first kappa shape index (κ1) is 23.3. The van der Waals surface area contributed by atoms with E-state index >= 15 is 0 Å². The largest absolute Gasteiger partial charge is 0.416 e. The van der Waals surface area contributed by atoms with E-state index in [-0.39, 0.29) is 18.4 Å². The van der Waals surface area contributed by atoms with Crippen molar-refractivity contribution in [3.63, 3.8) is 0 Å². The Kier molecular flexibility index (Phi) is 6.73. The van der Waals surface area contributed by atoms with E-state index in [2.05, 4.69) is 69.6 Å². The van der Waals surface area contributed by atoms with E-state index in [9.17, 15) is 0 Å². The van der Waals surface area contributed by atoms with Crippen LogP contribution in [0.3, 0.4) is 0 Å². The van der Waals surface area contributed by atoms with Crippen LogP contribution in [0.15, 0.2) is 12.7 Å². The fraction of sp³-hybridized carbons (Fsp3) is 0.750. The van der Waals surface area contributed by atoms with Gasteiger partial charge in [0.2, 0.25) is 0 Å². The third-order valence-corrected chi connectivity index (χ3v) is 11.4. The molecule has 0 spiro atoms. The average Bonchev–Trinajstić information content (AvgIpc) is 3.25. The van der Waals surface area contributed by atoms with Gasteiger partial charge in [0, 0.05) is 6.42 Å². The van der Waals surface area contributed by atoms with E-state index in [1.807, 2.05) is 4.57 Å². The first-order valence-corrected chi connectivity index (χ1v) is 15.2. The van der Waals surface area contributed by atoms with Gasteiger partial charge in [0.15, 0.2) is 29.5 Å². The molecule has 0 amide bonds. The maximum atomic E-state index is 6.79. The number of rotatable bonds is 8. The molecule has 1 fully saturated rings. The number of anilines is 1. The molecule has 3 unspecified atom stereocenters. The fourth-order valence-electron chi connectivity index (χ4n) is 3.61. The zero-order valence-electron chi connectivity index (χ0n) is 19.5. The van der Waals surface area contributed by atoms with Gasteiger partial charge in [-0.2, -0.15) is 0 Å². The van der Waals surface area contributed by atoms with Crippen LogP contribution in [0.4, 0.5) is 5.82 Å². The van der Waals surface area contributed by atoms with Gasteiger partial charge in [-0.15, -0.1) is 0 Å². The molecular formula is C20H37N5O3Si2. The Balaban J connectivity index is 1.91. The second-order valence-electron chi connectivity index (χ2n) is 10.1. The van der Waals surface area contributed by atoms with Crippen LogP contribution in [0.2, 0.25) is 24.2 Å². The molecule has 1 aliphatic rings. The Hall–Kier alpha value is -1.34. The smallest absolute Gasteiger partial charge is 0.189 e. The minimum Gasteiger partial charge on any atom is -0.416 e. The maximum Gasteiger partial charge on any atom is 0.189 e. The summed E-state index contributed by atoms with van der Waals surface area (Å²) in [5.74, 6) is 0.376. The summed E-state index contributed by atoms with van der Waals surface area (Å²) in [7, 11) is -2.54. The molecule has 3 atom stereocenters. The molecule has 8 nitrogen and oxygen atoms in total. The van der Waals surface area contributed by atoms with E-state index in [0.717, 1.165) is 6.42 Å². The highest BCUT2D eigenvalue weighted by Gasteiger charge is 2.48. The summed E-state index contributed by atoms with van der Waals surface area (Å²) in [6.45, 7) is 17.7. The van der Waals surface area contributed by atoms with Crippen LogP contribution in [0.5, 0.6) is 0 Å². The summed E-state index contributed by atoms with van der Waals surface area (Å²) in [5.41, 5.74) is 7.92. The first-order valence-electron chi connectivity index (χ1n) is 10.8. The number of nitrogens with zero attached hydrogens (tertiary/aromatic N) is 4. The molecule has 3 heterocycles. The number of fused-ring (bicyclic) bond motifs is 1. The van der Waals surface area contributed by atoms with Crippen molar-refractivity contribution in [2.45, 2.75) is 96.2 Å². The van der Waals surface area contributed by atoms with Gasteiger partial charge in [0.1, 0.15) is 24.2 Å². The van der Waals surface area contributed by atoms with Crippen molar-refractivity contribution in [3.05, 3.63) is 12.7 Å². The number of imidazole rings is 1. The fourth-order valence-corrected chi connectivity index (χ4v) is 5.81. The van der Waals surface area contributed by atoms with Crippen LogP contribution in [0.1, 0.15) is 54.2 Å². The highest BCUT2D eigenvalue weighted by Crippen LogP contribution is 2.41.